The van der Waals surface area contributed by atoms with Gasteiger partial charge in [0.1, 0.15) is 10.9 Å². The van der Waals surface area contributed by atoms with Gasteiger partial charge in [-0.3, -0.25) is 4.79 Å². The summed E-state index contributed by atoms with van der Waals surface area (Å²) < 4.78 is 6.30. The summed E-state index contributed by atoms with van der Waals surface area (Å²) >= 11 is 1.30. The molecule has 3 aromatic heterocycles. The van der Waals surface area contributed by atoms with Gasteiger partial charge in [0.15, 0.2) is 0 Å². The van der Waals surface area contributed by atoms with Crippen LogP contribution in [-0.4, -0.2) is 14.6 Å². The number of hydrogen-bond donors (Lipinski definition) is 0. The molecular weight excluding hydrogens is 190 g/mol. The lowest BCUT2D eigenvalue weighted by Gasteiger charge is -1.88. The average molecular weight is 193 g/mol. The zero-order chi connectivity index (χ0) is 8.84. The fourth-order valence-electron chi connectivity index (χ4n) is 1.18. The van der Waals surface area contributed by atoms with Crippen molar-refractivity contribution in [2.45, 2.75) is 0 Å². The highest BCUT2D eigenvalue weighted by Crippen LogP contribution is 2.11. The normalized spacial score (nSPS) is 11.4. The van der Waals surface area contributed by atoms with Crippen LogP contribution < -0.4 is 5.56 Å². The van der Waals surface area contributed by atoms with E-state index in [2.05, 4.69) is 10.1 Å². The number of aromatic nitrogens is 3. The van der Waals surface area contributed by atoms with Gasteiger partial charge in [0.05, 0.1) is 6.26 Å². The monoisotopic (exact) mass is 193 g/mol. The molecule has 0 aliphatic heterocycles. The molecule has 0 amide bonds. The zero-order valence-corrected chi connectivity index (χ0v) is 7.11. The highest BCUT2D eigenvalue weighted by atomic mass is 32.1. The molecule has 0 bridgehead atoms. The molecule has 0 aliphatic carbocycles. The number of nitrogens with zero attached hydrogens (tertiary/aromatic N) is 3. The molecule has 0 atom stereocenters. The van der Waals surface area contributed by atoms with Gasteiger partial charge < -0.3 is 4.42 Å². The molecule has 0 saturated heterocycles. The first-order valence-corrected chi connectivity index (χ1v) is 4.44. The maximum Gasteiger partial charge on any atom is 0.286 e. The quantitative estimate of drug-likeness (QED) is 0.532. The predicted molar refractivity (Wildman–Crippen MR) is 46.9 cm³/mol. The van der Waals surface area contributed by atoms with Gasteiger partial charge in [-0.05, 0) is 6.07 Å². The summed E-state index contributed by atoms with van der Waals surface area (Å²) in [6.07, 6.45) is 1.45. The van der Waals surface area contributed by atoms with Crippen molar-refractivity contribution in [2.75, 3.05) is 0 Å². The van der Waals surface area contributed by atoms with Crippen LogP contribution in [-0.2, 0) is 0 Å². The Labute approximate surface area is 75.2 Å². The minimum Gasteiger partial charge on any atom is -0.446 e. The van der Waals surface area contributed by atoms with Gasteiger partial charge >= 0.3 is 0 Å². The molecule has 3 rings (SSSR count). The van der Waals surface area contributed by atoms with Gasteiger partial charge in [0, 0.05) is 0 Å². The Morgan fingerprint density at radius 1 is 1.54 bits per heavy atom. The first kappa shape index (κ1) is 6.79. The van der Waals surface area contributed by atoms with Crippen molar-refractivity contribution < 1.29 is 4.42 Å². The van der Waals surface area contributed by atoms with Gasteiger partial charge in [-0.2, -0.15) is 14.6 Å². The number of hydrogen-bond acceptors (Lipinski definition) is 5. The van der Waals surface area contributed by atoms with E-state index in [1.54, 1.807) is 11.6 Å². The van der Waals surface area contributed by atoms with Crippen LogP contribution in [0.2, 0.25) is 0 Å². The number of rotatable bonds is 0. The summed E-state index contributed by atoms with van der Waals surface area (Å²) in [5.74, 6) is 0. The van der Waals surface area contributed by atoms with Crippen LogP contribution in [0.5, 0.6) is 0 Å². The summed E-state index contributed by atoms with van der Waals surface area (Å²) in [5, 5.41) is 4.33. The third-order valence-electron chi connectivity index (χ3n) is 1.77. The van der Waals surface area contributed by atoms with E-state index in [4.69, 9.17) is 4.42 Å². The van der Waals surface area contributed by atoms with Gasteiger partial charge in [-0.1, -0.05) is 11.3 Å². The fourth-order valence-corrected chi connectivity index (χ4v) is 1.78. The number of fused-ring (bicyclic) bond motifs is 2. The van der Waals surface area contributed by atoms with Crippen LogP contribution in [0.25, 0.3) is 16.1 Å². The molecule has 0 N–H and O–H groups in total. The Hall–Kier alpha value is -1.69. The standard InChI is InChI=1S/C7H3N3O2S/c11-6-4-1-2-12-5(4)9-7-10(6)8-3-13-7/h1-3H. The fraction of sp³-hybridized carbons (Fsp3) is 0. The molecule has 0 unspecified atom stereocenters. The Bertz CT molecular complexity index is 584. The van der Waals surface area contributed by atoms with E-state index in [-0.39, 0.29) is 5.56 Å². The molecular formula is C7H3N3O2S. The average Bonchev–Trinajstić information content (AvgIpc) is 2.71. The topological polar surface area (TPSA) is 60.4 Å². The minimum atomic E-state index is -0.185. The molecule has 64 valence electrons. The van der Waals surface area contributed by atoms with Crippen molar-refractivity contribution in [3.63, 3.8) is 0 Å². The van der Waals surface area contributed by atoms with Crippen molar-refractivity contribution in [2.24, 2.45) is 0 Å². The van der Waals surface area contributed by atoms with Crippen LogP contribution >= 0.6 is 11.3 Å². The zero-order valence-electron chi connectivity index (χ0n) is 6.30. The molecule has 13 heavy (non-hydrogen) atoms. The van der Waals surface area contributed by atoms with E-state index in [0.29, 0.717) is 16.1 Å². The first-order chi connectivity index (χ1) is 6.36. The predicted octanol–water partition coefficient (Wildman–Crippen LogP) is 0.897. The van der Waals surface area contributed by atoms with E-state index in [9.17, 15) is 4.79 Å². The highest BCUT2D eigenvalue weighted by Gasteiger charge is 2.08. The molecule has 0 fully saturated rings. The molecule has 5 nitrogen and oxygen atoms in total. The first-order valence-electron chi connectivity index (χ1n) is 3.56. The Kier molecular flexibility index (Phi) is 1.13. The minimum absolute atomic E-state index is 0.185. The molecule has 3 aromatic rings. The van der Waals surface area contributed by atoms with E-state index in [1.165, 1.54) is 22.1 Å². The van der Waals surface area contributed by atoms with Crippen LogP contribution in [0.15, 0.2) is 27.1 Å². The highest BCUT2D eigenvalue weighted by molar-refractivity contribution is 7.14. The smallest absolute Gasteiger partial charge is 0.286 e. The molecule has 6 heteroatoms. The van der Waals surface area contributed by atoms with Crippen molar-refractivity contribution in [3.8, 4) is 0 Å². The molecule has 3 heterocycles. The summed E-state index contributed by atoms with van der Waals surface area (Å²) in [5.41, 5.74) is 1.76. The van der Waals surface area contributed by atoms with Crippen LogP contribution in [0.1, 0.15) is 0 Å². The lowest BCUT2D eigenvalue weighted by atomic mass is 10.4. The third kappa shape index (κ3) is 0.775. The van der Waals surface area contributed by atoms with E-state index >= 15 is 0 Å². The van der Waals surface area contributed by atoms with Gasteiger partial charge in [0.25, 0.3) is 5.56 Å². The maximum atomic E-state index is 11.6. The molecule has 0 spiro atoms. The van der Waals surface area contributed by atoms with Crippen LogP contribution in [0.3, 0.4) is 0 Å². The Balaban J connectivity index is 2.76. The van der Waals surface area contributed by atoms with Crippen LogP contribution in [0.4, 0.5) is 0 Å². The number of furan rings is 1. The van der Waals surface area contributed by atoms with Crippen molar-refractivity contribution in [1.29, 1.82) is 0 Å². The lowest BCUT2D eigenvalue weighted by molar-refractivity contribution is 0.603. The maximum absolute atomic E-state index is 11.6. The summed E-state index contributed by atoms with van der Waals surface area (Å²) in [4.78, 5) is 16.3. The molecule has 0 aromatic carbocycles. The Morgan fingerprint density at radius 3 is 3.38 bits per heavy atom. The Morgan fingerprint density at radius 2 is 2.46 bits per heavy atom. The van der Waals surface area contributed by atoms with E-state index in [0.717, 1.165) is 0 Å². The summed E-state index contributed by atoms with van der Waals surface area (Å²) in [7, 11) is 0. The summed E-state index contributed by atoms with van der Waals surface area (Å²) in [6.45, 7) is 0. The van der Waals surface area contributed by atoms with Gasteiger partial charge in [-0.15, -0.1) is 0 Å². The second-order valence-electron chi connectivity index (χ2n) is 2.49. The second kappa shape index (κ2) is 2.17. The van der Waals surface area contributed by atoms with Gasteiger partial charge in [0.2, 0.25) is 10.7 Å². The summed E-state index contributed by atoms with van der Waals surface area (Å²) in [6, 6.07) is 1.59. The van der Waals surface area contributed by atoms with Crippen LogP contribution in [0, 0.1) is 0 Å². The lowest BCUT2D eigenvalue weighted by Crippen LogP contribution is -2.13. The van der Waals surface area contributed by atoms with Crippen molar-refractivity contribution >= 4 is 27.4 Å². The van der Waals surface area contributed by atoms with E-state index < -0.39 is 0 Å². The molecule has 0 saturated carbocycles. The van der Waals surface area contributed by atoms with Crippen molar-refractivity contribution in [1.82, 2.24) is 14.6 Å². The molecule has 0 radical (unpaired) electrons. The van der Waals surface area contributed by atoms with Crippen molar-refractivity contribution in [3.05, 3.63) is 28.2 Å². The third-order valence-corrected chi connectivity index (χ3v) is 2.44. The second-order valence-corrected chi connectivity index (χ2v) is 3.30. The van der Waals surface area contributed by atoms with Gasteiger partial charge in [-0.25, -0.2) is 0 Å². The van der Waals surface area contributed by atoms with E-state index in [1.807, 2.05) is 0 Å². The largest absolute Gasteiger partial charge is 0.446 e. The molecule has 0 aliphatic rings. The SMILES string of the molecule is O=c1c2ccoc2nc2scnn12.